The third kappa shape index (κ3) is 2.26. The molecule has 22 heavy (non-hydrogen) atoms. The van der Waals surface area contributed by atoms with E-state index in [1.54, 1.807) is 12.1 Å². The molecule has 0 aromatic heterocycles. The van der Waals surface area contributed by atoms with Crippen LogP contribution in [0.15, 0.2) is 40.9 Å². The first kappa shape index (κ1) is 14.9. The minimum Gasteiger partial charge on any atom is -0.507 e. The van der Waals surface area contributed by atoms with Crippen molar-refractivity contribution >= 4 is 26.7 Å². The third-order valence-corrected chi connectivity index (χ3v) is 4.84. The zero-order valence-electron chi connectivity index (χ0n) is 12.7. The fourth-order valence-electron chi connectivity index (χ4n) is 2.92. The minimum absolute atomic E-state index is 0.173. The SMILES string of the molecule is Cc1cc(O)c(-c2c(O)ccc3ccc(Br)cc23)c(C)c1C. The molecule has 0 aliphatic heterocycles. The maximum absolute atomic E-state index is 10.5. The Morgan fingerprint density at radius 2 is 1.45 bits per heavy atom. The molecule has 0 heterocycles. The standard InChI is InChI=1S/C19H17BrO2/c1-10-8-17(22)18(12(3)11(10)2)19-15-9-14(20)6-4-13(15)5-7-16(19)21/h4-9,21-22H,1-3H3. The van der Waals surface area contributed by atoms with Gasteiger partial charge in [0.15, 0.2) is 0 Å². The molecular formula is C19H17BrO2. The summed E-state index contributed by atoms with van der Waals surface area (Å²) < 4.78 is 0.938. The van der Waals surface area contributed by atoms with Gasteiger partial charge in [0.1, 0.15) is 11.5 Å². The largest absolute Gasteiger partial charge is 0.507 e. The normalized spacial score (nSPS) is 11.1. The lowest BCUT2D eigenvalue weighted by molar-refractivity contribution is 0.469. The highest BCUT2D eigenvalue weighted by Crippen LogP contribution is 2.44. The van der Waals surface area contributed by atoms with Gasteiger partial charge in [0.25, 0.3) is 0 Å². The van der Waals surface area contributed by atoms with Gasteiger partial charge in [0, 0.05) is 15.6 Å². The van der Waals surface area contributed by atoms with Crippen LogP contribution in [0.3, 0.4) is 0 Å². The molecule has 112 valence electrons. The number of hydrogen-bond acceptors (Lipinski definition) is 2. The lowest BCUT2D eigenvalue weighted by atomic mass is 9.89. The average Bonchev–Trinajstić information content (AvgIpc) is 2.47. The average molecular weight is 357 g/mol. The maximum atomic E-state index is 10.5. The molecule has 3 heteroatoms. The number of hydrogen-bond donors (Lipinski definition) is 2. The van der Waals surface area contributed by atoms with Crippen molar-refractivity contribution < 1.29 is 10.2 Å². The number of fused-ring (bicyclic) bond motifs is 1. The number of aromatic hydroxyl groups is 2. The molecule has 0 bridgehead atoms. The first-order valence-corrected chi connectivity index (χ1v) is 7.91. The fraction of sp³-hybridized carbons (Fsp3) is 0.158. The Morgan fingerprint density at radius 3 is 2.18 bits per heavy atom. The summed E-state index contributed by atoms with van der Waals surface area (Å²) in [6.45, 7) is 5.99. The van der Waals surface area contributed by atoms with Crippen LogP contribution < -0.4 is 0 Å². The Bertz CT molecular complexity index is 893. The summed E-state index contributed by atoms with van der Waals surface area (Å²) in [5.74, 6) is 0.371. The smallest absolute Gasteiger partial charge is 0.124 e. The van der Waals surface area contributed by atoms with Crippen LogP contribution >= 0.6 is 15.9 Å². The van der Waals surface area contributed by atoms with Crippen molar-refractivity contribution in [2.75, 3.05) is 0 Å². The Kier molecular flexibility index (Phi) is 3.61. The van der Waals surface area contributed by atoms with Crippen molar-refractivity contribution in [3.63, 3.8) is 0 Å². The predicted octanol–water partition coefficient (Wildman–Crippen LogP) is 5.61. The van der Waals surface area contributed by atoms with Gasteiger partial charge in [-0.3, -0.25) is 0 Å². The fourth-order valence-corrected chi connectivity index (χ4v) is 3.28. The van der Waals surface area contributed by atoms with E-state index in [1.807, 2.05) is 45.0 Å². The zero-order valence-corrected chi connectivity index (χ0v) is 14.3. The molecule has 0 spiro atoms. The van der Waals surface area contributed by atoms with Crippen LogP contribution in [0.25, 0.3) is 21.9 Å². The molecule has 2 N–H and O–H groups in total. The van der Waals surface area contributed by atoms with E-state index in [0.29, 0.717) is 11.1 Å². The lowest BCUT2D eigenvalue weighted by Gasteiger charge is -2.17. The van der Waals surface area contributed by atoms with Crippen LogP contribution in [-0.2, 0) is 0 Å². The third-order valence-electron chi connectivity index (χ3n) is 4.35. The minimum atomic E-state index is 0.173. The zero-order chi connectivity index (χ0) is 16.0. The molecule has 0 saturated carbocycles. The number of halogens is 1. The molecule has 0 amide bonds. The second kappa shape index (κ2) is 5.33. The highest BCUT2D eigenvalue weighted by Gasteiger charge is 2.18. The summed E-state index contributed by atoms with van der Waals surface area (Å²) in [6.07, 6.45) is 0. The summed E-state index contributed by atoms with van der Waals surface area (Å²) in [6, 6.07) is 11.3. The Morgan fingerprint density at radius 1 is 0.773 bits per heavy atom. The lowest BCUT2D eigenvalue weighted by Crippen LogP contribution is -1.93. The number of aryl methyl sites for hydroxylation is 1. The molecule has 0 fully saturated rings. The van der Waals surface area contributed by atoms with Gasteiger partial charge >= 0.3 is 0 Å². The first-order valence-electron chi connectivity index (χ1n) is 7.11. The van der Waals surface area contributed by atoms with Crippen molar-refractivity contribution in [1.82, 2.24) is 0 Å². The molecule has 0 atom stereocenters. The molecule has 3 aromatic rings. The van der Waals surface area contributed by atoms with E-state index in [-0.39, 0.29) is 11.5 Å². The quantitative estimate of drug-likeness (QED) is 0.595. The summed E-state index contributed by atoms with van der Waals surface area (Å²) in [5.41, 5.74) is 4.53. The number of phenolic OH excluding ortho intramolecular Hbond substituents is 2. The second-order valence-corrected chi connectivity index (χ2v) is 6.58. The Balaban J connectivity index is 2.48. The molecular weight excluding hydrogens is 340 g/mol. The molecule has 0 radical (unpaired) electrons. The molecule has 0 saturated heterocycles. The van der Waals surface area contributed by atoms with Gasteiger partial charge in [-0.25, -0.2) is 0 Å². The van der Waals surface area contributed by atoms with E-state index in [1.165, 1.54) is 0 Å². The highest BCUT2D eigenvalue weighted by molar-refractivity contribution is 9.10. The monoisotopic (exact) mass is 356 g/mol. The predicted molar refractivity (Wildman–Crippen MR) is 94.6 cm³/mol. The summed E-state index contributed by atoms with van der Waals surface area (Å²) >= 11 is 3.48. The van der Waals surface area contributed by atoms with E-state index in [2.05, 4.69) is 15.9 Å². The molecule has 0 aliphatic carbocycles. The van der Waals surface area contributed by atoms with Gasteiger partial charge < -0.3 is 10.2 Å². The maximum Gasteiger partial charge on any atom is 0.124 e. The molecule has 3 rings (SSSR count). The molecule has 2 nitrogen and oxygen atoms in total. The highest BCUT2D eigenvalue weighted by atomic mass is 79.9. The van der Waals surface area contributed by atoms with Crippen LogP contribution in [0.5, 0.6) is 11.5 Å². The van der Waals surface area contributed by atoms with E-state index in [4.69, 9.17) is 0 Å². The van der Waals surface area contributed by atoms with E-state index < -0.39 is 0 Å². The number of rotatable bonds is 1. The van der Waals surface area contributed by atoms with Crippen molar-refractivity contribution in [3.8, 4) is 22.6 Å². The number of benzene rings is 3. The first-order chi connectivity index (χ1) is 10.4. The van der Waals surface area contributed by atoms with E-state index >= 15 is 0 Å². The summed E-state index contributed by atoms with van der Waals surface area (Å²) in [4.78, 5) is 0. The van der Waals surface area contributed by atoms with Crippen molar-refractivity contribution in [1.29, 1.82) is 0 Å². The van der Waals surface area contributed by atoms with Crippen molar-refractivity contribution in [3.05, 3.63) is 57.6 Å². The van der Waals surface area contributed by atoms with Gasteiger partial charge in [-0.2, -0.15) is 0 Å². The van der Waals surface area contributed by atoms with Gasteiger partial charge in [-0.15, -0.1) is 0 Å². The molecule has 3 aromatic carbocycles. The van der Waals surface area contributed by atoms with Gasteiger partial charge in [-0.05, 0) is 72.5 Å². The second-order valence-electron chi connectivity index (χ2n) is 5.66. The molecule has 0 aliphatic rings. The van der Waals surface area contributed by atoms with Crippen molar-refractivity contribution in [2.45, 2.75) is 20.8 Å². The Labute approximate surface area is 138 Å². The summed E-state index contributed by atoms with van der Waals surface area (Å²) in [5, 5.41) is 22.9. The van der Waals surface area contributed by atoms with Crippen LogP contribution in [0.2, 0.25) is 0 Å². The molecule has 0 unspecified atom stereocenters. The van der Waals surface area contributed by atoms with Crippen LogP contribution in [0.4, 0.5) is 0 Å². The van der Waals surface area contributed by atoms with Crippen LogP contribution in [0, 0.1) is 20.8 Å². The van der Waals surface area contributed by atoms with Gasteiger partial charge in [0.05, 0.1) is 0 Å². The van der Waals surface area contributed by atoms with Crippen LogP contribution in [-0.4, -0.2) is 10.2 Å². The van der Waals surface area contributed by atoms with E-state index in [9.17, 15) is 10.2 Å². The van der Waals surface area contributed by atoms with E-state index in [0.717, 1.165) is 31.9 Å². The summed E-state index contributed by atoms with van der Waals surface area (Å²) in [7, 11) is 0. The van der Waals surface area contributed by atoms with Gasteiger partial charge in [0.2, 0.25) is 0 Å². The van der Waals surface area contributed by atoms with Crippen molar-refractivity contribution in [2.24, 2.45) is 0 Å². The topological polar surface area (TPSA) is 40.5 Å². The Hall–Kier alpha value is -2.00. The number of phenols is 2. The van der Waals surface area contributed by atoms with Crippen LogP contribution in [0.1, 0.15) is 16.7 Å². The van der Waals surface area contributed by atoms with Gasteiger partial charge in [-0.1, -0.05) is 28.1 Å².